The van der Waals surface area contributed by atoms with Crippen LogP contribution < -0.4 is 15.2 Å². The smallest absolute Gasteiger partial charge is 0.328 e. The van der Waals surface area contributed by atoms with Crippen LogP contribution in [-0.4, -0.2) is 53.7 Å². The highest BCUT2D eigenvalue weighted by atomic mass is 79.9. The third-order valence-corrected chi connectivity index (χ3v) is 6.12. The molecule has 0 aromatic carbocycles. The zero-order chi connectivity index (χ0) is 21.3. The Kier molecular flexibility index (Phi) is 5.99. The zero-order valence-electron chi connectivity index (χ0n) is 16.4. The number of halogens is 1. The summed E-state index contributed by atoms with van der Waals surface area (Å²) >= 11 is 3.39. The molecule has 0 fully saturated rings. The van der Waals surface area contributed by atoms with Gasteiger partial charge in [-0.15, -0.1) is 0 Å². The first-order valence-electron chi connectivity index (χ1n) is 8.77. The van der Waals surface area contributed by atoms with Crippen molar-refractivity contribution < 1.29 is 17.9 Å². The van der Waals surface area contributed by atoms with Crippen LogP contribution in [0.1, 0.15) is 24.2 Å². The number of aromatic amines is 1. The lowest BCUT2D eigenvalue weighted by atomic mass is 10.2. The van der Waals surface area contributed by atoms with Crippen LogP contribution in [0.25, 0.3) is 11.2 Å². The van der Waals surface area contributed by atoms with E-state index in [2.05, 4.69) is 30.9 Å². The summed E-state index contributed by atoms with van der Waals surface area (Å²) in [5.41, 5.74) is 1.55. The molecule has 0 aliphatic carbocycles. The average molecular weight is 485 g/mol. The quantitative estimate of drug-likeness (QED) is 0.546. The summed E-state index contributed by atoms with van der Waals surface area (Å²) < 4.78 is 37.2. The number of fused-ring (bicyclic) bond motifs is 1. The average Bonchev–Trinajstić information content (AvgIpc) is 2.99. The molecule has 3 heterocycles. The Labute approximate surface area is 176 Å². The van der Waals surface area contributed by atoms with Gasteiger partial charge in [-0.05, 0) is 47.5 Å². The van der Waals surface area contributed by atoms with Gasteiger partial charge in [-0.2, -0.15) is 0 Å². The van der Waals surface area contributed by atoms with E-state index in [1.807, 2.05) is 6.92 Å². The molecule has 3 aromatic heterocycles. The molecule has 1 N–H and O–H groups in total. The van der Waals surface area contributed by atoms with E-state index in [0.717, 1.165) is 16.3 Å². The molecule has 0 saturated heterocycles. The van der Waals surface area contributed by atoms with Gasteiger partial charge in [-0.3, -0.25) is 4.57 Å². The van der Waals surface area contributed by atoms with Gasteiger partial charge < -0.3 is 14.5 Å². The van der Waals surface area contributed by atoms with Crippen molar-refractivity contribution in [3.8, 4) is 11.6 Å². The fourth-order valence-electron chi connectivity index (χ4n) is 3.05. The molecule has 11 heteroatoms. The maximum Gasteiger partial charge on any atom is 0.328 e. The normalized spacial score (nSPS) is 12.9. The van der Waals surface area contributed by atoms with Crippen molar-refractivity contribution in [3.05, 3.63) is 44.5 Å². The van der Waals surface area contributed by atoms with Crippen LogP contribution in [0, 0.1) is 6.92 Å². The van der Waals surface area contributed by atoms with Crippen LogP contribution in [0.2, 0.25) is 0 Å². The highest BCUT2D eigenvalue weighted by Crippen LogP contribution is 2.30. The Hall–Kier alpha value is -2.40. The Balaban J connectivity index is 2.27. The van der Waals surface area contributed by atoms with E-state index in [1.165, 1.54) is 11.7 Å². The predicted molar refractivity (Wildman–Crippen MR) is 113 cm³/mol. The second-order valence-electron chi connectivity index (χ2n) is 6.51. The minimum absolute atomic E-state index is 0.228. The topological polar surface area (TPSA) is 116 Å². The molecule has 0 radical (unpaired) electrons. The van der Waals surface area contributed by atoms with Crippen molar-refractivity contribution >= 4 is 36.9 Å². The highest BCUT2D eigenvalue weighted by Gasteiger charge is 2.27. The monoisotopic (exact) mass is 484 g/mol. The molecule has 0 saturated carbocycles. The number of imidazole rings is 1. The van der Waals surface area contributed by atoms with Gasteiger partial charge in [0.2, 0.25) is 0 Å². The minimum Gasteiger partial charge on any atom is -0.491 e. The van der Waals surface area contributed by atoms with Gasteiger partial charge in [0.05, 0.1) is 36.7 Å². The van der Waals surface area contributed by atoms with E-state index >= 15 is 0 Å². The van der Waals surface area contributed by atoms with Crippen molar-refractivity contribution in [1.29, 1.82) is 0 Å². The molecule has 1 unspecified atom stereocenters. The number of aromatic nitrogens is 4. The summed E-state index contributed by atoms with van der Waals surface area (Å²) in [5, 5.41) is 0. The number of pyridine rings is 2. The maximum atomic E-state index is 12.8. The molecule has 0 spiro atoms. The molecule has 0 aliphatic rings. The van der Waals surface area contributed by atoms with E-state index in [0.29, 0.717) is 29.2 Å². The van der Waals surface area contributed by atoms with E-state index in [1.54, 1.807) is 25.3 Å². The van der Waals surface area contributed by atoms with Crippen molar-refractivity contribution in [1.82, 2.24) is 19.5 Å². The Bertz CT molecular complexity index is 1220. The summed E-state index contributed by atoms with van der Waals surface area (Å²) in [6.07, 6.45) is 2.69. The maximum absolute atomic E-state index is 12.8. The van der Waals surface area contributed by atoms with Crippen LogP contribution in [-0.2, 0) is 9.84 Å². The van der Waals surface area contributed by atoms with E-state index < -0.39 is 21.6 Å². The molecule has 0 amide bonds. The largest absolute Gasteiger partial charge is 0.491 e. The number of nitrogens with one attached hydrogen (secondary N) is 1. The van der Waals surface area contributed by atoms with E-state index in [4.69, 9.17) is 9.47 Å². The lowest BCUT2D eigenvalue weighted by Gasteiger charge is -2.19. The van der Waals surface area contributed by atoms with E-state index in [-0.39, 0.29) is 11.6 Å². The Morgan fingerprint density at radius 3 is 2.69 bits per heavy atom. The first-order chi connectivity index (χ1) is 13.7. The fraction of sp³-hybridized carbons (Fsp3) is 0.389. The number of ether oxygens (including phenoxy) is 2. The number of hydrogen-bond acceptors (Lipinski definition) is 7. The summed E-state index contributed by atoms with van der Waals surface area (Å²) in [6.45, 7) is 3.99. The first-order valence-corrected chi connectivity index (χ1v) is 11.6. The molecule has 29 heavy (non-hydrogen) atoms. The summed E-state index contributed by atoms with van der Waals surface area (Å²) in [5.74, 6) is 0.310. The number of sulfone groups is 1. The standard InChI is InChI=1S/C18H21BrN4O5S/c1-5-28-17-14(27-3)7-6-12(21-17)13(9-29(4,25)26)23-16-15(22-18(23)24)10(2)11(19)8-20-16/h6-8,13H,5,9H2,1-4H3,(H,22,24). The molecule has 9 nitrogen and oxygen atoms in total. The van der Waals surface area contributed by atoms with Gasteiger partial charge >= 0.3 is 5.69 Å². The van der Waals surface area contributed by atoms with E-state index in [9.17, 15) is 13.2 Å². The van der Waals surface area contributed by atoms with Gasteiger partial charge in [0.1, 0.15) is 9.84 Å². The predicted octanol–water partition coefficient (Wildman–Crippen LogP) is 2.23. The van der Waals surface area contributed by atoms with Gasteiger partial charge in [-0.25, -0.2) is 23.2 Å². The Morgan fingerprint density at radius 1 is 1.34 bits per heavy atom. The van der Waals surface area contributed by atoms with Gasteiger partial charge in [0, 0.05) is 16.9 Å². The Morgan fingerprint density at radius 2 is 2.07 bits per heavy atom. The number of H-pyrrole nitrogens is 1. The van der Waals surface area contributed by atoms with Crippen LogP contribution in [0.3, 0.4) is 0 Å². The van der Waals surface area contributed by atoms with Crippen molar-refractivity contribution in [2.75, 3.05) is 25.7 Å². The van der Waals surface area contributed by atoms with Crippen LogP contribution in [0.4, 0.5) is 0 Å². The summed E-state index contributed by atoms with van der Waals surface area (Å²) in [4.78, 5) is 24.4. The molecular formula is C18H21BrN4O5S. The summed E-state index contributed by atoms with van der Waals surface area (Å²) in [7, 11) is -1.98. The lowest BCUT2D eigenvalue weighted by molar-refractivity contribution is 0.296. The molecule has 1 atom stereocenters. The minimum atomic E-state index is -3.46. The van der Waals surface area contributed by atoms with Crippen LogP contribution >= 0.6 is 15.9 Å². The third-order valence-electron chi connectivity index (χ3n) is 4.40. The number of nitrogens with zero attached hydrogens (tertiary/aromatic N) is 3. The second-order valence-corrected chi connectivity index (χ2v) is 9.55. The number of rotatable bonds is 7. The van der Waals surface area contributed by atoms with Gasteiger partial charge in [0.25, 0.3) is 5.88 Å². The number of aryl methyl sites for hydroxylation is 1. The second kappa shape index (κ2) is 8.15. The molecule has 3 aromatic rings. The molecule has 156 valence electrons. The third kappa shape index (κ3) is 4.30. The number of hydrogen-bond donors (Lipinski definition) is 1. The summed E-state index contributed by atoms with van der Waals surface area (Å²) in [6, 6.07) is 2.36. The lowest BCUT2D eigenvalue weighted by Crippen LogP contribution is -2.29. The van der Waals surface area contributed by atoms with Crippen LogP contribution in [0.15, 0.2) is 27.6 Å². The molecule has 3 rings (SSSR count). The van der Waals surface area contributed by atoms with Gasteiger partial charge in [0.15, 0.2) is 11.4 Å². The molecule has 0 aliphatic heterocycles. The number of methoxy groups -OCH3 is 1. The molecule has 0 bridgehead atoms. The van der Waals surface area contributed by atoms with Gasteiger partial charge in [-0.1, -0.05) is 0 Å². The zero-order valence-corrected chi connectivity index (χ0v) is 18.8. The van der Waals surface area contributed by atoms with Crippen LogP contribution in [0.5, 0.6) is 11.6 Å². The van der Waals surface area contributed by atoms with Crippen molar-refractivity contribution in [2.24, 2.45) is 0 Å². The van der Waals surface area contributed by atoms with Crippen molar-refractivity contribution in [3.63, 3.8) is 0 Å². The highest BCUT2D eigenvalue weighted by molar-refractivity contribution is 9.10. The molecular weight excluding hydrogens is 464 g/mol. The van der Waals surface area contributed by atoms with Crippen molar-refractivity contribution in [2.45, 2.75) is 19.9 Å². The fourth-order valence-corrected chi connectivity index (χ4v) is 4.25. The first kappa shape index (κ1) is 21.3. The SMILES string of the molecule is CCOc1nc(C(CS(C)(=O)=O)n2c(=O)[nH]c3c(C)c(Br)cnc32)ccc1OC.